The third-order valence-electron chi connectivity index (χ3n) is 2.11. The third kappa shape index (κ3) is 3.81. The van der Waals surface area contributed by atoms with Gasteiger partial charge in [0.2, 0.25) is 11.7 Å². The smallest absolute Gasteiger partial charge is 0.408 e. The quantitative estimate of drug-likeness (QED) is 0.917. The van der Waals surface area contributed by atoms with Crippen molar-refractivity contribution in [1.82, 2.24) is 20.6 Å². The van der Waals surface area contributed by atoms with Gasteiger partial charge >= 0.3 is 6.09 Å². The Hall–Kier alpha value is -2.38. The average Bonchev–Trinajstić information content (AvgIpc) is 2.92. The first-order chi connectivity index (χ1) is 9.33. The molecule has 20 heavy (non-hydrogen) atoms. The van der Waals surface area contributed by atoms with Gasteiger partial charge in [-0.1, -0.05) is 10.3 Å². The number of hydrogen-bond acceptors (Lipinski definition) is 7. The van der Waals surface area contributed by atoms with E-state index in [4.69, 9.17) is 13.8 Å². The van der Waals surface area contributed by atoms with Crippen molar-refractivity contribution in [2.45, 2.75) is 39.8 Å². The molecule has 0 saturated heterocycles. The Bertz CT molecular complexity index is 597. The summed E-state index contributed by atoms with van der Waals surface area (Å²) in [4.78, 5) is 15.6. The molecule has 0 aliphatic rings. The number of nitrogens with zero attached hydrogens (tertiary/aromatic N) is 3. The van der Waals surface area contributed by atoms with E-state index in [0.29, 0.717) is 17.3 Å². The Balaban J connectivity index is 1.92. The second-order valence-electron chi connectivity index (χ2n) is 5.19. The number of nitrogens with one attached hydrogen (secondary N) is 1. The van der Waals surface area contributed by atoms with Crippen molar-refractivity contribution in [3.8, 4) is 11.5 Å². The summed E-state index contributed by atoms with van der Waals surface area (Å²) in [6, 6.07) is 1.69. The number of ether oxygens (including phenoxy) is 1. The molecule has 0 atom stereocenters. The summed E-state index contributed by atoms with van der Waals surface area (Å²) in [5.41, 5.74) is -0.0720. The van der Waals surface area contributed by atoms with Crippen LogP contribution in [0.25, 0.3) is 11.5 Å². The first kappa shape index (κ1) is 14.0. The van der Waals surface area contributed by atoms with Crippen molar-refractivity contribution in [1.29, 1.82) is 0 Å². The number of carbonyl (C=O) groups excluding carboxylic acids is 1. The molecule has 8 heteroatoms. The van der Waals surface area contributed by atoms with Crippen molar-refractivity contribution < 1.29 is 18.6 Å². The highest BCUT2D eigenvalue weighted by Crippen LogP contribution is 2.15. The monoisotopic (exact) mass is 280 g/mol. The molecule has 1 N–H and O–H groups in total. The molecule has 0 aliphatic heterocycles. The Morgan fingerprint density at radius 1 is 1.35 bits per heavy atom. The lowest BCUT2D eigenvalue weighted by Gasteiger charge is -2.19. The minimum atomic E-state index is -0.553. The summed E-state index contributed by atoms with van der Waals surface area (Å²) in [6.45, 7) is 7.19. The summed E-state index contributed by atoms with van der Waals surface area (Å²) >= 11 is 0. The first-order valence-electron chi connectivity index (χ1n) is 6.06. The number of hydrogen-bond donors (Lipinski definition) is 1. The lowest BCUT2D eigenvalue weighted by atomic mass is 10.2. The van der Waals surface area contributed by atoms with Gasteiger partial charge in [-0.05, 0) is 27.7 Å². The van der Waals surface area contributed by atoms with Gasteiger partial charge in [0.15, 0.2) is 5.69 Å². The van der Waals surface area contributed by atoms with Crippen LogP contribution in [0.2, 0.25) is 0 Å². The van der Waals surface area contributed by atoms with E-state index in [0.717, 1.165) is 0 Å². The molecule has 2 rings (SSSR count). The molecule has 2 aromatic rings. The molecule has 2 heterocycles. The van der Waals surface area contributed by atoms with Gasteiger partial charge in [-0.2, -0.15) is 4.98 Å². The second kappa shape index (κ2) is 5.32. The predicted octanol–water partition coefficient (Wildman–Crippen LogP) is 2.06. The van der Waals surface area contributed by atoms with Crippen molar-refractivity contribution >= 4 is 6.09 Å². The molecule has 2 aromatic heterocycles. The number of amides is 1. The van der Waals surface area contributed by atoms with E-state index in [-0.39, 0.29) is 12.4 Å². The highest BCUT2D eigenvalue weighted by atomic mass is 16.6. The average molecular weight is 280 g/mol. The predicted molar refractivity (Wildman–Crippen MR) is 67.6 cm³/mol. The van der Waals surface area contributed by atoms with E-state index in [2.05, 4.69) is 20.6 Å². The van der Waals surface area contributed by atoms with Gasteiger partial charge in [-0.25, -0.2) is 4.79 Å². The zero-order valence-electron chi connectivity index (χ0n) is 11.8. The van der Waals surface area contributed by atoms with Crippen LogP contribution in [0.5, 0.6) is 0 Å². The molecule has 8 nitrogen and oxygen atoms in total. The standard InChI is InChI=1S/C12H16N4O4/c1-7-5-8(15-19-7)10-14-9(20-16-10)6-13-11(17)18-12(2,3)4/h5H,6H2,1-4H3,(H,13,17). The zero-order valence-corrected chi connectivity index (χ0v) is 11.8. The Morgan fingerprint density at radius 2 is 2.10 bits per heavy atom. The molecule has 0 fully saturated rings. The van der Waals surface area contributed by atoms with Gasteiger partial charge in [0.05, 0.1) is 0 Å². The number of alkyl carbamates (subject to hydrolysis) is 1. The highest BCUT2D eigenvalue weighted by molar-refractivity contribution is 5.67. The molecule has 0 unspecified atom stereocenters. The van der Waals surface area contributed by atoms with Crippen molar-refractivity contribution in [2.75, 3.05) is 0 Å². The van der Waals surface area contributed by atoms with Crippen LogP contribution in [-0.2, 0) is 11.3 Å². The SMILES string of the molecule is Cc1cc(-c2noc(CNC(=O)OC(C)(C)C)n2)no1. The number of aromatic nitrogens is 3. The molecule has 1 amide bonds. The first-order valence-corrected chi connectivity index (χ1v) is 6.06. The molecular weight excluding hydrogens is 264 g/mol. The minimum Gasteiger partial charge on any atom is -0.444 e. The third-order valence-corrected chi connectivity index (χ3v) is 2.11. The molecule has 0 saturated carbocycles. The fraction of sp³-hybridized carbons (Fsp3) is 0.500. The summed E-state index contributed by atoms with van der Waals surface area (Å²) in [7, 11) is 0. The molecule has 0 spiro atoms. The summed E-state index contributed by atoms with van der Waals surface area (Å²) in [6.07, 6.45) is -0.547. The van der Waals surface area contributed by atoms with Crippen LogP contribution in [-0.4, -0.2) is 27.0 Å². The maximum Gasteiger partial charge on any atom is 0.408 e. The van der Waals surface area contributed by atoms with Crippen molar-refractivity contribution in [3.63, 3.8) is 0 Å². The fourth-order valence-corrected chi connectivity index (χ4v) is 1.36. The maximum absolute atomic E-state index is 11.5. The summed E-state index contributed by atoms with van der Waals surface area (Å²) in [5, 5.41) is 10.0. The summed E-state index contributed by atoms with van der Waals surface area (Å²) < 4.78 is 15.0. The number of aryl methyl sites for hydroxylation is 1. The molecule has 0 aliphatic carbocycles. The van der Waals surface area contributed by atoms with E-state index in [1.54, 1.807) is 33.8 Å². The largest absolute Gasteiger partial charge is 0.444 e. The fourth-order valence-electron chi connectivity index (χ4n) is 1.36. The van der Waals surface area contributed by atoms with Gasteiger partial charge in [-0.3, -0.25) is 0 Å². The van der Waals surface area contributed by atoms with Gasteiger partial charge in [0.1, 0.15) is 17.9 Å². The van der Waals surface area contributed by atoms with Crippen LogP contribution < -0.4 is 5.32 Å². The van der Waals surface area contributed by atoms with Crippen LogP contribution in [0.3, 0.4) is 0 Å². The zero-order chi connectivity index (χ0) is 14.8. The van der Waals surface area contributed by atoms with E-state index in [9.17, 15) is 4.79 Å². The van der Waals surface area contributed by atoms with Crippen molar-refractivity contribution in [2.24, 2.45) is 0 Å². The molecule has 0 aromatic carbocycles. The number of carbonyl (C=O) groups is 1. The van der Waals surface area contributed by atoms with Crippen LogP contribution in [0, 0.1) is 6.92 Å². The van der Waals surface area contributed by atoms with Crippen LogP contribution in [0.1, 0.15) is 32.4 Å². The van der Waals surface area contributed by atoms with E-state index in [1.165, 1.54) is 0 Å². The van der Waals surface area contributed by atoms with Gasteiger partial charge in [-0.15, -0.1) is 0 Å². The normalized spacial score (nSPS) is 11.4. The summed E-state index contributed by atoms with van der Waals surface area (Å²) in [5.74, 6) is 1.22. The Kier molecular flexibility index (Phi) is 3.73. The highest BCUT2D eigenvalue weighted by Gasteiger charge is 2.17. The molecular formula is C12H16N4O4. The molecule has 108 valence electrons. The van der Waals surface area contributed by atoms with E-state index < -0.39 is 11.7 Å². The maximum atomic E-state index is 11.5. The lowest BCUT2D eigenvalue weighted by Crippen LogP contribution is -2.32. The van der Waals surface area contributed by atoms with Crippen LogP contribution in [0.4, 0.5) is 4.79 Å². The van der Waals surface area contributed by atoms with E-state index in [1.807, 2.05) is 0 Å². The van der Waals surface area contributed by atoms with Gasteiger partial charge < -0.3 is 19.1 Å². The molecule has 0 bridgehead atoms. The van der Waals surface area contributed by atoms with Crippen LogP contribution >= 0.6 is 0 Å². The van der Waals surface area contributed by atoms with Crippen LogP contribution in [0.15, 0.2) is 15.1 Å². The van der Waals surface area contributed by atoms with Gasteiger partial charge in [0, 0.05) is 6.07 Å². The number of rotatable bonds is 3. The topological polar surface area (TPSA) is 103 Å². The Morgan fingerprint density at radius 3 is 2.70 bits per heavy atom. The minimum absolute atomic E-state index is 0.0821. The van der Waals surface area contributed by atoms with Gasteiger partial charge in [0.25, 0.3) is 0 Å². The molecule has 0 radical (unpaired) electrons. The van der Waals surface area contributed by atoms with E-state index >= 15 is 0 Å². The lowest BCUT2D eigenvalue weighted by molar-refractivity contribution is 0.0518. The van der Waals surface area contributed by atoms with Crippen molar-refractivity contribution in [3.05, 3.63) is 17.7 Å². The Labute approximate surface area is 115 Å². The second-order valence-corrected chi connectivity index (χ2v) is 5.19.